The number of hydrogen-bond donors (Lipinski definition) is 0. The Balaban J connectivity index is 1.45. The third-order valence-corrected chi connectivity index (χ3v) is 6.92. The van der Waals surface area contributed by atoms with E-state index in [0.717, 1.165) is 42.7 Å². The van der Waals surface area contributed by atoms with Crippen molar-refractivity contribution < 1.29 is 12.8 Å². The van der Waals surface area contributed by atoms with Crippen LogP contribution >= 0.6 is 0 Å². The van der Waals surface area contributed by atoms with Crippen molar-refractivity contribution in [3.05, 3.63) is 71.0 Å². The molecular weight excluding hydrogens is 363 g/mol. The molecule has 1 saturated heterocycles. The number of benzene rings is 2. The molecule has 0 unspecified atom stereocenters. The SMILES string of the molecule is Cc1ccc(CS(=O)(=O)N2CCN(CCCc3ccccc3F)CC2)cc1. The number of rotatable bonds is 7. The standard InChI is InChI=1S/C21H27FN2O2S/c1-18-8-10-19(11-9-18)17-27(25,26)24-15-13-23(14-16-24)12-4-6-20-5-2-3-7-21(20)22/h2-3,5,7-11H,4,6,12-17H2,1H3. The van der Waals surface area contributed by atoms with Gasteiger partial charge in [0.05, 0.1) is 5.75 Å². The van der Waals surface area contributed by atoms with E-state index in [1.165, 1.54) is 6.07 Å². The molecule has 6 heteroatoms. The van der Waals surface area contributed by atoms with Crippen molar-refractivity contribution in [2.45, 2.75) is 25.5 Å². The molecule has 4 nitrogen and oxygen atoms in total. The summed E-state index contributed by atoms with van der Waals surface area (Å²) in [6.07, 6.45) is 1.58. The molecule has 1 aliphatic heterocycles. The summed E-state index contributed by atoms with van der Waals surface area (Å²) in [6, 6.07) is 14.5. The molecule has 2 aromatic carbocycles. The zero-order valence-electron chi connectivity index (χ0n) is 15.8. The Hall–Kier alpha value is -1.76. The Bertz CT molecular complexity index is 845. The van der Waals surface area contributed by atoms with Crippen molar-refractivity contribution >= 4 is 10.0 Å². The van der Waals surface area contributed by atoms with E-state index < -0.39 is 10.0 Å². The van der Waals surface area contributed by atoms with Gasteiger partial charge in [0.1, 0.15) is 5.82 Å². The van der Waals surface area contributed by atoms with E-state index in [-0.39, 0.29) is 11.6 Å². The van der Waals surface area contributed by atoms with E-state index >= 15 is 0 Å². The molecule has 0 N–H and O–H groups in total. The smallest absolute Gasteiger partial charge is 0.218 e. The van der Waals surface area contributed by atoms with Crippen molar-refractivity contribution in [3.8, 4) is 0 Å². The predicted molar refractivity (Wildman–Crippen MR) is 107 cm³/mol. The van der Waals surface area contributed by atoms with Gasteiger partial charge in [0, 0.05) is 26.2 Å². The summed E-state index contributed by atoms with van der Waals surface area (Å²) in [6.45, 7) is 5.35. The summed E-state index contributed by atoms with van der Waals surface area (Å²) < 4.78 is 40.5. The van der Waals surface area contributed by atoms with E-state index in [1.807, 2.05) is 43.3 Å². The van der Waals surface area contributed by atoms with Gasteiger partial charge in [-0.2, -0.15) is 4.31 Å². The number of halogens is 1. The second-order valence-electron chi connectivity index (χ2n) is 7.18. The van der Waals surface area contributed by atoms with Crippen LogP contribution in [0.2, 0.25) is 0 Å². The van der Waals surface area contributed by atoms with E-state index in [2.05, 4.69) is 4.90 Å². The summed E-state index contributed by atoms with van der Waals surface area (Å²) in [5, 5.41) is 0. The topological polar surface area (TPSA) is 40.6 Å². The van der Waals surface area contributed by atoms with Crippen molar-refractivity contribution in [1.29, 1.82) is 0 Å². The normalized spacial score (nSPS) is 16.5. The highest BCUT2D eigenvalue weighted by molar-refractivity contribution is 7.88. The lowest BCUT2D eigenvalue weighted by Crippen LogP contribution is -2.49. The molecule has 3 rings (SSSR count). The lowest BCUT2D eigenvalue weighted by atomic mass is 10.1. The van der Waals surface area contributed by atoms with Gasteiger partial charge in [-0.1, -0.05) is 48.0 Å². The quantitative estimate of drug-likeness (QED) is 0.729. The molecule has 0 radical (unpaired) electrons. The first kappa shape index (κ1) is 20.0. The van der Waals surface area contributed by atoms with Crippen molar-refractivity contribution in [2.24, 2.45) is 0 Å². The van der Waals surface area contributed by atoms with Gasteiger partial charge in [-0.15, -0.1) is 0 Å². The summed E-state index contributed by atoms with van der Waals surface area (Å²) in [7, 11) is -3.28. The highest BCUT2D eigenvalue weighted by Gasteiger charge is 2.26. The maximum absolute atomic E-state index is 13.7. The van der Waals surface area contributed by atoms with Crippen LogP contribution in [-0.4, -0.2) is 50.3 Å². The highest BCUT2D eigenvalue weighted by Crippen LogP contribution is 2.15. The molecule has 2 aromatic rings. The minimum absolute atomic E-state index is 0.0561. The maximum Gasteiger partial charge on any atom is 0.218 e. The second kappa shape index (κ2) is 8.95. The molecule has 1 fully saturated rings. The van der Waals surface area contributed by atoms with Crippen LogP contribution in [0.1, 0.15) is 23.1 Å². The largest absolute Gasteiger partial charge is 0.301 e. The number of hydrogen-bond acceptors (Lipinski definition) is 3. The van der Waals surface area contributed by atoms with Crippen LogP contribution in [0, 0.1) is 12.7 Å². The van der Waals surface area contributed by atoms with Crippen LogP contribution in [0.15, 0.2) is 48.5 Å². The zero-order valence-corrected chi connectivity index (χ0v) is 16.6. The molecule has 27 heavy (non-hydrogen) atoms. The zero-order chi connectivity index (χ0) is 19.3. The summed E-state index contributed by atoms with van der Waals surface area (Å²) in [5.74, 6) is -0.0925. The lowest BCUT2D eigenvalue weighted by molar-refractivity contribution is 0.186. The van der Waals surface area contributed by atoms with Gasteiger partial charge in [-0.25, -0.2) is 12.8 Å². The van der Waals surface area contributed by atoms with E-state index in [0.29, 0.717) is 19.5 Å². The van der Waals surface area contributed by atoms with Crippen LogP contribution in [-0.2, 0) is 22.2 Å². The van der Waals surface area contributed by atoms with Crippen LogP contribution < -0.4 is 0 Å². The molecular formula is C21H27FN2O2S. The fourth-order valence-corrected chi connectivity index (χ4v) is 4.93. The Kier molecular flexibility index (Phi) is 6.63. The van der Waals surface area contributed by atoms with Crippen LogP contribution in [0.4, 0.5) is 4.39 Å². The first-order chi connectivity index (χ1) is 12.9. The predicted octanol–water partition coefficient (Wildman–Crippen LogP) is 3.21. The molecule has 0 aromatic heterocycles. The van der Waals surface area contributed by atoms with Gasteiger partial charge >= 0.3 is 0 Å². The molecule has 0 saturated carbocycles. The van der Waals surface area contributed by atoms with Gasteiger partial charge in [-0.05, 0) is 43.5 Å². The number of piperazine rings is 1. The highest BCUT2D eigenvalue weighted by atomic mass is 32.2. The molecule has 0 aliphatic carbocycles. The van der Waals surface area contributed by atoms with Gasteiger partial charge < -0.3 is 4.90 Å². The first-order valence-corrected chi connectivity index (χ1v) is 11.0. The minimum atomic E-state index is -3.28. The molecule has 1 heterocycles. The second-order valence-corrected chi connectivity index (χ2v) is 9.15. The van der Waals surface area contributed by atoms with Gasteiger partial charge in [-0.3, -0.25) is 0 Å². The molecule has 146 valence electrons. The van der Waals surface area contributed by atoms with Gasteiger partial charge in [0.25, 0.3) is 0 Å². The van der Waals surface area contributed by atoms with Crippen molar-refractivity contribution in [1.82, 2.24) is 9.21 Å². The van der Waals surface area contributed by atoms with Crippen LogP contribution in [0.5, 0.6) is 0 Å². The Morgan fingerprint density at radius 3 is 2.30 bits per heavy atom. The fraction of sp³-hybridized carbons (Fsp3) is 0.429. The molecule has 1 aliphatic rings. The number of aryl methyl sites for hydroxylation is 2. The average Bonchev–Trinajstić information content (AvgIpc) is 2.65. The Morgan fingerprint density at radius 1 is 0.963 bits per heavy atom. The van der Waals surface area contributed by atoms with E-state index in [1.54, 1.807) is 10.4 Å². The van der Waals surface area contributed by atoms with Crippen LogP contribution in [0.3, 0.4) is 0 Å². The summed E-state index contributed by atoms with van der Waals surface area (Å²) in [5.41, 5.74) is 2.70. The Labute approximate surface area is 161 Å². The van der Waals surface area contributed by atoms with Crippen molar-refractivity contribution in [3.63, 3.8) is 0 Å². The molecule has 0 bridgehead atoms. The molecule has 0 atom stereocenters. The van der Waals surface area contributed by atoms with E-state index in [4.69, 9.17) is 0 Å². The maximum atomic E-state index is 13.7. The average molecular weight is 391 g/mol. The lowest BCUT2D eigenvalue weighted by Gasteiger charge is -2.34. The fourth-order valence-electron chi connectivity index (χ4n) is 3.41. The van der Waals surface area contributed by atoms with Crippen molar-refractivity contribution in [2.75, 3.05) is 32.7 Å². The first-order valence-electron chi connectivity index (χ1n) is 9.43. The monoisotopic (exact) mass is 390 g/mol. The van der Waals surface area contributed by atoms with Gasteiger partial charge in [0.2, 0.25) is 10.0 Å². The Morgan fingerprint density at radius 2 is 1.63 bits per heavy atom. The van der Waals surface area contributed by atoms with Gasteiger partial charge in [0.15, 0.2) is 0 Å². The van der Waals surface area contributed by atoms with Crippen LogP contribution in [0.25, 0.3) is 0 Å². The third-order valence-electron chi connectivity index (χ3n) is 5.07. The number of sulfonamides is 1. The molecule has 0 amide bonds. The number of nitrogens with zero attached hydrogens (tertiary/aromatic N) is 2. The summed E-state index contributed by atoms with van der Waals surface area (Å²) >= 11 is 0. The van der Waals surface area contributed by atoms with E-state index in [9.17, 15) is 12.8 Å². The third kappa shape index (κ3) is 5.61. The minimum Gasteiger partial charge on any atom is -0.301 e. The molecule has 0 spiro atoms. The summed E-state index contributed by atoms with van der Waals surface area (Å²) in [4.78, 5) is 2.26.